The van der Waals surface area contributed by atoms with Gasteiger partial charge in [-0.15, -0.1) is 0 Å². The maximum atomic E-state index is 10.6. The summed E-state index contributed by atoms with van der Waals surface area (Å²) in [6.45, 7) is 2.08. The first-order chi connectivity index (χ1) is 7.58. The molecule has 1 saturated carbocycles. The van der Waals surface area contributed by atoms with Crippen LogP contribution in [0.4, 0.5) is 11.4 Å². The van der Waals surface area contributed by atoms with Gasteiger partial charge in [-0.1, -0.05) is 11.6 Å². The summed E-state index contributed by atoms with van der Waals surface area (Å²) in [5.74, 6) is 0.676. The Hall–Kier alpha value is -1.29. The van der Waals surface area contributed by atoms with E-state index >= 15 is 0 Å². The topological polar surface area (TPSA) is 55.2 Å². The minimum Gasteiger partial charge on any atom is -0.381 e. The van der Waals surface area contributed by atoms with E-state index in [1.807, 2.05) is 0 Å². The average molecular weight is 241 g/mol. The maximum absolute atomic E-state index is 10.6. The number of nitro groups is 1. The Labute approximate surface area is 98.8 Å². The van der Waals surface area contributed by atoms with Crippen LogP contribution in [0.2, 0.25) is 5.02 Å². The Morgan fingerprint density at radius 3 is 2.81 bits per heavy atom. The Morgan fingerprint density at radius 2 is 2.25 bits per heavy atom. The predicted octanol–water partition coefficient (Wildman–Crippen LogP) is 3.46. The molecule has 1 aromatic carbocycles. The first kappa shape index (κ1) is 11.2. The third-order valence-electron chi connectivity index (χ3n) is 2.87. The van der Waals surface area contributed by atoms with Crippen LogP contribution in [0.15, 0.2) is 18.2 Å². The van der Waals surface area contributed by atoms with Gasteiger partial charge in [0.05, 0.1) is 15.6 Å². The quantitative estimate of drug-likeness (QED) is 0.648. The Morgan fingerprint density at radius 1 is 1.56 bits per heavy atom. The molecule has 0 spiro atoms. The van der Waals surface area contributed by atoms with Crippen LogP contribution in [0.1, 0.15) is 19.8 Å². The molecule has 0 radical (unpaired) electrons. The molecule has 0 saturated heterocycles. The molecule has 2 rings (SSSR count). The highest BCUT2D eigenvalue weighted by Crippen LogP contribution is 2.35. The largest absolute Gasteiger partial charge is 0.381 e. The van der Waals surface area contributed by atoms with Gasteiger partial charge in [0.15, 0.2) is 0 Å². The lowest BCUT2D eigenvalue weighted by Crippen LogP contribution is -2.17. The predicted molar refractivity (Wildman–Crippen MR) is 63.9 cm³/mol. The second kappa shape index (κ2) is 4.29. The van der Waals surface area contributed by atoms with Gasteiger partial charge in [-0.3, -0.25) is 10.1 Å². The number of nitrogens with zero attached hydrogens (tertiary/aromatic N) is 1. The van der Waals surface area contributed by atoms with Crippen molar-refractivity contribution < 1.29 is 4.92 Å². The fourth-order valence-corrected chi connectivity index (χ4v) is 1.87. The number of non-ortho nitro benzene ring substituents is 1. The fraction of sp³-hybridized carbons (Fsp3) is 0.455. The molecule has 16 heavy (non-hydrogen) atoms. The molecule has 0 bridgehead atoms. The second-order valence-electron chi connectivity index (χ2n) is 4.19. The molecular weight excluding hydrogens is 228 g/mol. The third-order valence-corrected chi connectivity index (χ3v) is 3.20. The molecule has 1 N–H and O–H groups in total. The van der Waals surface area contributed by atoms with Crippen LogP contribution in [-0.4, -0.2) is 11.0 Å². The minimum atomic E-state index is -0.413. The molecule has 0 amide bonds. The summed E-state index contributed by atoms with van der Waals surface area (Å²) in [6.07, 6.45) is 2.45. The molecular formula is C11H13ClN2O2. The number of nitro benzene ring substituents is 1. The summed E-state index contributed by atoms with van der Waals surface area (Å²) in [4.78, 5) is 10.2. The van der Waals surface area contributed by atoms with Crippen molar-refractivity contribution in [1.29, 1.82) is 0 Å². The van der Waals surface area contributed by atoms with Crippen LogP contribution < -0.4 is 5.32 Å². The molecule has 0 heterocycles. The van der Waals surface area contributed by atoms with E-state index in [1.54, 1.807) is 6.07 Å². The van der Waals surface area contributed by atoms with E-state index in [-0.39, 0.29) is 5.69 Å². The highest BCUT2D eigenvalue weighted by molar-refractivity contribution is 6.33. The van der Waals surface area contributed by atoms with Crippen molar-refractivity contribution in [2.24, 2.45) is 5.92 Å². The Bertz CT molecular complexity index is 418. The number of anilines is 1. The van der Waals surface area contributed by atoms with Gasteiger partial charge in [-0.25, -0.2) is 0 Å². The lowest BCUT2D eigenvalue weighted by Gasteiger charge is -2.15. The SMILES string of the molecule is CC(Nc1cc([N+](=O)[O-])ccc1Cl)C1CC1. The summed E-state index contributed by atoms with van der Waals surface area (Å²) in [5, 5.41) is 14.4. The van der Waals surface area contributed by atoms with E-state index in [9.17, 15) is 10.1 Å². The molecule has 1 aliphatic rings. The molecule has 5 heteroatoms. The normalized spacial score (nSPS) is 16.9. The van der Waals surface area contributed by atoms with Gasteiger partial charge in [0.1, 0.15) is 0 Å². The summed E-state index contributed by atoms with van der Waals surface area (Å²) in [7, 11) is 0. The highest BCUT2D eigenvalue weighted by atomic mass is 35.5. The number of hydrogen-bond donors (Lipinski definition) is 1. The van der Waals surface area contributed by atoms with Crippen LogP contribution in [0.25, 0.3) is 0 Å². The molecule has 1 unspecified atom stereocenters. The fourth-order valence-electron chi connectivity index (χ4n) is 1.70. The average Bonchev–Trinajstić information content (AvgIpc) is 3.04. The molecule has 1 fully saturated rings. The van der Waals surface area contributed by atoms with E-state index in [2.05, 4.69) is 12.2 Å². The van der Waals surface area contributed by atoms with Crippen LogP contribution >= 0.6 is 11.6 Å². The van der Waals surface area contributed by atoms with Crippen molar-refractivity contribution in [2.45, 2.75) is 25.8 Å². The van der Waals surface area contributed by atoms with Crippen molar-refractivity contribution >= 4 is 23.0 Å². The number of halogens is 1. The zero-order valence-electron chi connectivity index (χ0n) is 8.94. The van der Waals surface area contributed by atoms with Crippen LogP contribution in [0, 0.1) is 16.0 Å². The first-order valence-electron chi connectivity index (χ1n) is 5.28. The number of benzene rings is 1. The third kappa shape index (κ3) is 2.44. The smallest absolute Gasteiger partial charge is 0.271 e. The van der Waals surface area contributed by atoms with Crippen LogP contribution in [0.5, 0.6) is 0 Å². The summed E-state index contributed by atoms with van der Waals surface area (Å²) in [6, 6.07) is 4.78. The Kier molecular flexibility index (Phi) is 3.01. The zero-order chi connectivity index (χ0) is 11.7. The van der Waals surface area contributed by atoms with E-state index in [4.69, 9.17) is 11.6 Å². The summed E-state index contributed by atoms with van der Waals surface area (Å²) < 4.78 is 0. The molecule has 0 aromatic heterocycles. The van der Waals surface area contributed by atoms with Crippen molar-refractivity contribution in [1.82, 2.24) is 0 Å². The van der Waals surface area contributed by atoms with Gasteiger partial charge >= 0.3 is 0 Å². The van der Waals surface area contributed by atoms with Crippen molar-refractivity contribution in [3.63, 3.8) is 0 Å². The van der Waals surface area contributed by atoms with Gasteiger partial charge in [0, 0.05) is 18.2 Å². The maximum Gasteiger partial charge on any atom is 0.271 e. The van der Waals surface area contributed by atoms with E-state index in [1.165, 1.54) is 25.0 Å². The highest BCUT2D eigenvalue weighted by Gasteiger charge is 2.28. The number of nitrogens with one attached hydrogen (secondary N) is 1. The van der Waals surface area contributed by atoms with Crippen molar-refractivity contribution in [3.05, 3.63) is 33.3 Å². The molecule has 4 nitrogen and oxygen atoms in total. The van der Waals surface area contributed by atoms with Gasteiger partial charge < -0.3 is 5.32 Å². The second-order valence-corrected chi connectivity index (χ2v) is 4.60. The molecule has 1 aliphatic carbocycles. The van der Waals surface area contributed by atoms with Crippen molar-refractivity contribution in [3.8, 4) is 0 Å². The monoisotopic (exact) mass is 240 g/mol. The van der Waals surface area contributed by atoms with Gasteiger partial charge in [-0.2, -0.15) is 0 Å². The van der Waals surface area contributed by atoms with Gasteiger partial charge in [-0.05, 0) is 31.7 Å². The Balaban J connectivity index is 2.17. The van der Waals surface area contributed by atoms with Gasteiger partial charge in [0.25, 0.3) is 5.69 Å². The molecule has 1 atom stereocenters. The molecule has 86 valence electrons. The standard InChI is InChI=1S/C11H13ClN2O2/c1-7(8-2-3-8)13-11-6-9(14(15)16)4-5-10(11)12/h4-8,13H,2-3H2,1H3. The zero-order valence-corrected chi connectivity index (χ0v) is 9.70. The molecule has 0 aliphatic heterocycles. The van der Waals surface area contributed by atoms with E-state index < -0.39 is 4.92 Å². The summed E-state index contributed by atoms with van der Waals surface area (Å²) in [5.41, 5.74) is 0.713. The van der Waals surface area contributed by atoms with Crippen LogP contribution in [0.3, 0.4) is 0 Å². The first-order valence-corrected chi connectivity index (χ1v) is 5.66. The number of rotatable bonds is 4. The van der Waals surface area contributed by atoms with E-state index in [0.717, 1.165) is 0 Å². The summed E-state index contributed by atoms with van der Waals surface area (Å²) >= 11 is 5.98. The van der Waals surface area contributed by atoms with Gasteiger partial charge in [0.2, 0.25) is 0 Å². The number of hydrogen-bond acceptors (Lipinski definition) is 3. The molecule has 1 aromatic rings. The lowest BCUT2D eigenvalue weighted by atomic mass is 10.2. The lowest BCUT2D eigenvalue weighted by molar-refractivity contribution is -0.384. The van der Waals surface area contributed by atoms with E-state index in [0.29, 0.717) is 22.7 Å². The minimum absolute atomic E-state index is 0.0647. The van der Waals surface area contributed by atoms with Crippen LogP contribution in [-0.2, 0) is 0 Å². The van der Waals surface area contributed by atoms with Crippen molar-refractivity contribution in [2.75, 3.05) is 5.32 Å².